The number of nitrogens with one attached hydrogen (secondary N) is 2. The molecule has 3 aromatic rings. The van der Waals surface area contributed by atoms with E-state index < -0.39 is 46.6 Å². The first-order chi connectivity index (χ1) is 17.1. The summed E-state index contributed by atoms with van der Waals surface area (Å²) in [7, 11) is -4.14. The average molecular weight is 576 g/mol. The third-order valence-corrected chi connectivity index (χ3v) is 8.00. The van der Waals surface area contributed by atoms with Gasteiger partial charge in [-0.2, -0.15) is 4.31 Å². The number of hydrazine groups is 1. The van der Waals surface area contributed by atoms with Crippen LogP contribution in [0.1, 0.15) is 16.8 Å². The molecule has 3 aromatic carbocycles. The van der Waals surface area contributed by atoms with Crippen molar-refractivity contribution in [3.8, 4) is 0 Å². The normalized spacial score (nSPS) is 18.1. The smallest absolute Gasteiger partial charge is 0.325 e. The van der Waals surface area contributed by atoms with E-state index in [9.17, 15) is 27.9 Å². The zero-order chi connectivity index (χ0) is 25.9. The average Bonchev–Trinajstić information content (AvgIpc) is 3.28. The summed E-state index contributed by atoms with van der Waals surface area (Å²) in [5.74, 6) is -2.38. The molecule has 3 N–H and O–H groups in total. The van der Waals surface area contributed by atoms with Gasteiger partial charge in [0.1, 0.15) is 6.04 Å². The van der Waals surface area contributed by atoms with Crippen LogP contribution in [-0.2, 0) is 24.3 Å². The first kappa shape index (κ1) is 25.8. The minimum atomic E-state index is -4.14. The second-order valence-corrected chi connectivity index (χ2v) is 10.9. The minimum Gasteiger partial charge on any atom is -0.454 e. The van der Waals surface area contributed by atoms with E-state index in [1.807, 2.05) is 12.1 Å². The maximum absolute atomic E-state index is 13.3. The van der Waals surface area contributed by atoms with E-state index >= 15 is 0 Å². The number of fused-ring (bicyclic) bond motifs is 1. The van der Waals surface area contributed by atoms with Gasteiger partial charge in [0.2, 0.25) is 10.0 Å². The number of aliphatic hydroxyl groups excluding tert-OH is 1. The molecule has 1 aliphatic rings. The standard InChI is InChI=1S/C24H22BrN3O7S/c25-18-8-5-16(6-9-18)23(31)27-26-22(30)14-35-24(32)21-12-19(29)13-28(21)36(33,34)20-10-7-15-3-1-2-4-17(15)11-20/h1-11,19,21,29H,12-14H2,(H,26,30)(H,27,31)/t19-,21+/m0/s1. The number of rotatable bonds is 6. The number of amides is 2. The number of halogens is 1. The molecule has 36 heavy (non-hydrogen) atoms. The Kier molecular flexibility index (Phi) is 7.69. The van der Waals surface area contributed by atoms with Crippen molar-refractivity contribution >= 4 is 54.5 Å². The molecule has 0 aliphatic carbocycles. The van der Waals surface area contributed by atoms with Crippen molar-refractivity contribution in [2.75, 3.05) is 13.2 Å². The summed E-state index contributed by atoms with van der Waals surface area (Å²) in [5.41, 5.74) is 4.62. The zero-order valence-corrected chi connectivity index (χ0v) is 21.2. The molecule has 12 heteroatoms. The SMILES string of the molecule is O=C(COC(=O)[C@H]1C[C@H](O)CN1S(=O)(=O)c1ccc2ccccc2c1)NNC(=O)c1ccc(Br)cc1. The predicted octanol–water partition coefficient (Wildman–Crippen LogP) is 1.73. The number of esters is 1. The molecule has 188 valence electrons. The van der Waals surface area contributed by atoms with Crippen LogP contribution in [0.4, 0.5) is 0 Å². The molecule has 0 spiro atoms. The number of β-amino-alcohol motifs (C(OH)–C–C–N with tert-alkyl or cyclic N) is 1. The van der Waals surface area contributed by atoms with Gasteiger partial charge in [0, 0.05) is 23.0 Å². The molecule has 4 rings (SSSR count). The lowest BCUT2D eigenvalue weighted by Crippen LogP contribution is -2.45. The summed E-state index contributed by atoms with van der Waals surface area (Å²) in [6.07, 6.45) is -1.25. The molecule has 10 nitrogen and oxygen atoms in total. The van der Waals surface area contributed by atoms with Gasteiger partial charge in [-0.05, 0) is 47.2 Å². The maximum atomic E-state index is 13.3. The number of hydrogen-bond acceptors (Lipinski definition) is 7. The lowest BCUT2D eigenvalue weighted by molar-refractivity contribution is -0.151. The minimum absolute atomic E-state index is 0.0264. The number of carbonyl (C=O) groups excluding carboxylic acids is 3. The molecule has 1 saturated heterocycles. The van der Waals surface area contributed by atoms with E-state index in [1.165, 1.54) is 12.1 Å². The molecule has 0 unspecified atom stereocenters. The van der Waals surface area contributed by atoms with Gasteiger partial charge in [-0.1, -0.05) is 46.3 Å². The van der Waals surface area contributed by atoms with Gasteiger partial charge in [0.15, 0.2) is 6.61 Å². The summed E-state index contributed by atoms with van der Waals surface area (Å²) in [6, 6.07) is 16.9. The summed E-state index contributed by atoms with van der Waals surface area (Å²) < 4.78 is 33.2. The Morgan fingerprint density at radius 3 is 2.42 bits per heavy atom. The lowest BCUT2D eigenvalue weighted by Gasteiger charge is -2.22. The third-order valence-electron chi connectivity index (χ3n) is 5.60. The molecular weight excluding hydrogens is 554 g/mol. The molecule has 0 bridgehead atoms. The van der Waals surface area contributed by atoms with Crippen molar-refractivity contribution < 1.29 is 32.6 Å². The molecule has 1 fully saturated rings. The van der Waals surface area contributed by atoms with Crippen LogP contribution in [0, 0.1) is 0 Å². The Labute approximate surface area is 215 Å². The molecule has 0 saturated carbocycles. The van der Waals surface area contributed by atoms with Crippen molar-refractivity contribution in [1.29, 1.82) is 0 Å². The van der Waals surface area contributed by atoms with Crippen LogP contribution in [-0.4, -0.2) is 60.9 Å². The van der Waals surface area contributed by atoms with Crippen LogP contribution in [0.5, 0.6) is 0 Å². The fraction of sp³-hybridized carbons (Fsp3) is 0.208. The largest absolute Gasteiger partial charge is 0.454 e. The van der Waals surface area contributed by atoms with E-state index in [2.05, 4.69) is 26.8 Å². The predicted molar refractivity (Wildman–Crippen MR) is 133 cm³/mol. The second kappa shape index (κ2) is 10.7. The number of aliphatic hydroxyl groups is 1. The second-order valence-electron chi connectivity index (χ2n) is 8.11. The monoisotopic (exact) mass is 575 g/mol. The van der Waals surface area contributed by atoms with Crippen LogP contribution in [0.25, 0.3) is 10.8 Å². The van der Waals surface area contributed by atoms with Crippen LogP contribution in [0.2, 0.25) is 0 Å². The molecule has 2 atom stereocenters. The topological polar surface area (TPSA) is 142 Å². The summed E-state index contributed by atoms with van der Waals surface area (Å²) in [5, 5.41) is 11.7. The van der Waals surface area contributed by atoms with Gasteiger partial charge < -0.3 is 9.84 Å². The fourth-order valence-corrected chi connectivity index (χ4v) is 5.72. The van der Waals surface area contributed by atoms with E-state index in [1.54, 1.807) is 42.5 Å². The Morgan fingerprint density at radius 2 is 1.69 bits per heavy atom. The van der Waals surface area contributed by atoms with Gasteiger partial charge in [-0.15, -0.1) is 0 Å². The van der Waals surface area contributed by atoms with Crippen molar-refractivity contribution in [2.45, 2.75) is 23.5 Å². The van der Waals surface area contributed by atoms with Gasteiger partial charge in [-0.3, -0.25) is 25.2 Å². The highest BCUT2D eigenvalue weighted by Gasteiger charge is 2.44. The zero-order valence-electron chi connectivity index (χ0n) is 18.8. The van der Waals surface area contributed by atoms with E-state index in [0.717, 1.165) is 14.2 Å². The molecule has 1 heterocycles. The molecule has 0 radical (unpaired) electrons. The Hall–Kier alpha value is -3.32. The Bertz CT molecular complexity index is 1410. The van der Waals surface area contributed by atoms with Crippen LogP contribution < -0.4 is 10.9 Å². The molecule has 1 aliphatic heterocycles. The van der Waals surface area contributed by atoms with Crippen molar-refractivity contribution in [3.05, 3.63) is 76.8 Å². The molecular formula is C24H22BrN3O7S. The van der Waals surface area contributed by atoms with E-state index in [0.29, 0.717) is 10.9 Å². The summed E-state index contributed by atoms with van der Waals surface area (Å²) >= 11 is 3.25. The van der Waals surface area contributed by atoms with E-state index in [4.69, 9.17) is 4.74 Å². The number of ether oxygens (including phenoxy) is 1. The quantitative estimate of drug-likeness (QED) is 0.300. The number of hydrogen-bond donors (Lipinski definition) is 3. The first-order valence-electron chi connectivity index (χ1n) is 10.9. The van der Waals surface area contributed by atoms with E-state index in [-0.39, 0.29) is 17.9 Å². The number of carbonyl (C=O) groups is 3. The highest BCUT2D eigenvalue weighted by molar-refractivity contribution is 9.10. The van der Waals surface area contributed by atoms with Gasteiger partial charge in [0.25, 0.3) is 11.8 Å². The summed E-state index contributed by atoms with van der Waals surface area (Å²) in [6.45, 7) is -1.04. The highest BCUT2D eigenvalue weighted by atomic mass is 79.9. The molecule has 0 aromatic heterocycles. The van der Waals surface area contributed by atoms with Crippen molar-refractivity contribution in [3.63, 3.8) is 0 Å². The van der Waals surface area contributed by atoms with Gasteiger partial charge >= 0.3 is 5.97 Å². The van der Waals surface area contributed by atoms with Crippen LogP contribution in [0.15, 0.2) is 76.1 Å². The number of benzene rings is 3. The molecule has 2 amide bonds. The maximum Gasteiger partial charge on any atom is 0.325 e. The van der Waals surface area contributed by atoms with Gasteiger partial charge in [-0.25, -0.2) is 8.42 Å². The summed E-state index contributed by atoms with van der Waals surface area (Å²) in [4.78, 5) is 36.8. The van der Waals surface area contributed by atoms with Crippen LogP contribution >= 0.6 is 15.9 Å². The van der Waals surface area contributed by atoms with Gasteiger partial charge in [0.05, 0.1) is 11.0 Å². The van der Waals surface area contributed by atoms with Crippen molar-refractivity contribution in [2.24, 2.45) is 0 Å². The van der Waals surface area contributed by atoms with Crippen molar-refractivity contribution in [1.82, 2.24) is 15.2 Å². The number of sulfonamides is 1. The third kappa shape index (κ3) is 5.73. The number of nitrogens with zero attached hydrogens (tertiary/aromatic N) is 1. The Balaban J connectivity index is 1.38. The Morgan fingerprint density at radius 1 is 1.00 bits per heavy atom. The first-order valence-corrected chi connectivity index (χ1v) is 13.1. The lowest BCUT2D eigenvalue weighted by atomic mass is 10.1. The highest BCUT2D eigenvalue weighted by Crippen LogP contribution is 2.29. The fourth-order valence-electron chi connectivity index (χ4n) is 3.80. The van der Waals surface area contributed by atoms with Crippen LogP contribution in [0.3, 0.4) is 0 Å².